The molecule has 5 nitrogen and oxygen atoms in total. The summed E-state index contributed by atoms with van der Waals surface area (Å²) in [6.45, 7) is 2.32. The zero-order valence-electron chi connectivity index (χ0n) is 16.0. The lowest BCUT2D eigenvalue weighted by Crippen LogP contribution is -2.37. The minimum absolute atomic E-state index is 0.000154. The highest BCUT2D eigenvalue weighted by Gasteiger charge is 2.16. The first-order valence-corrected chi connectivity index (χ1v) is 9.84. The van der Waals surface area contributed by atoms with Crippen molar-refractivity contribution in [1.29, 1.82) is 0 Å². The average molecular weight is 423 g/mol. The molecule has 0 saturated heterocycles. The van der Waals surface area contributed by atoms with Crippen LogP contribution in [0.5, 0.6) is 5.75 Å². The fourth-order valence-electron chi connectivity index (χ4n) is 2.78. The Bertz CT molecular complexity index is 827. The molecule has 2 rings (SSSR count). The molecule has 0 aromatic heterocycles. The van der Waals surface area contributed by atoms with E-state index in [0.29, 0.717) is 47.3 Å². The van der Waals surface area contributed by atoms with Crippen LogP contribution in [0, 0.1) is 0 Å². The van der Waals surface area contributed by atoms with Crippen molar-refractivity contribution < 1.29 is 14.3 Å². The van der Waals surface area contributed by atoms with Gasteiger partial charge in [0.25, 0.3) is 0 Å². The van der Waals surface area contributed by atoms with Crippen LogP contribution in [0.25, 0.3) is 0 Å². The van der Waals surface area contributed by atoms with Crippen LogP contribution in [-0.2, 0) is 16.0 Å². The minimum atomic E-state index is -0.260. The first kappa shape index (κ1) is 22.1. The van der Waals surface area contributed by atoms with Crippen molar-refractivity contribution >= 4 is 40.7 Å². The second-order valence-corrected chi connectivity index (χ2v) is 7.07. The van der Waals surface area contributed by atoms with E-state index in [4.69, 9.17) is 27.9 Å². The first-order chi connectivity index (χ1) is 13.4. The predicted molar refractivity (Wildman–Crippen MR) is 113 cm³/mol. The Kier molecular flexibility index (Phi) is 8.61. The standard InChI is InChI=1S/C21H24Cl2N2O3/c1-3-25(14-20(26)24-18-8-4-5-9-19(18)28-2)21(27)10-6-7-15-11-12-16(22)17(23)13-15/h4-5,8-9,11-13H,3,6-7,10,14H2,1-2H3,(H,24,26). The highest BCUT2D eigenvalue weighted by atomic mass is 35.5. The van der Waals surface area contributed by atoms with E-state index in [1.807, 2.05) is 31.2 Å². The average Bonchev–Trinajstić information content (AvgIpc) is 2.69. The number of likely N-dealkylation sites (N-methyl/N-ethyl adjacent to an activating group) is 1. The number of amides is 2. The number of nitrogens with one attached hydrogen (secondary N) is 1. The Balaban J connectivity index is 1.84. The highest BCUT2D eigenvalue weighted by molar-refractivity contribution is 6.42. The van der Waals surface area contributed by atoms with E-state index in [1.165, 1.54) is 0 Å². The van der Waals surface area contributed by atoms with Crippen molar-refractivity contribution in [3.05, 3.63) is 58.1 Å². The molecule has 0 unspecified atom stereocenters. The number of carbonyl (C=O) groups excluding carboxylic acids is 2. The molecule has 0 aliphatic carbocycles. The number of carbonyl (C=O) groups is 2. The number of anilines is 1. The molecule has 2 aromatic rings. The third-order valence-corrected chi connectivity index (χ3v) is 5.03. The molecule has 0 aliphatic rings. The molecule has 0 radical (unpaired) electrons. The molecular weight excluding hydrogens is 399 g/mol. The van der Waals surface area contributed by atoms with Crippen LogP contribution in [0.1, 0.15) is 25.3 Å². The number of ether oxygens (including phenoxy) is 1. The van der Waals surface area contributed by atoms with E-state index in [2.05, 4.69) is 5.32 Å². The molecule has 7 heteroatoms. The van der Waals surface area contributed by atoms with Crippen molar-refractivity contribution in [1.82, 2.24) is 4.90 Å². The summed E-state index contributed by atoms with van der Waals surface area (Å²) >= 11 is 11.9. The van der Waals surface area contributed by atoms with Crippen LogP contribution in [0.3, 0.4) is 0 Å². The predicted octanol–water partition coefficient (Wildman–Crippen LogP) is 4.81. The lowest BCUT2D eigenvalue weighted by molar-refractivity contribution is -0.134. The molecule has 0 bridgehead atoms. The molecule has 0 atom stereocenters. The second kappa shape index (κ2) is 10.9. The van der Waals surface area contributed by atoms with Crippen LogP contribution in [0.15, 0.2) is 42.5 Å². The van der Waals surface area contributed by atoms with Gasteiger partial charge in [0.1, 0.15) is 5.75 Å². The van der Waals surface area contributed by atoms with E-state index in [0.717, 1.165) is 5.56 Å². The van der Waals surface area contributed by atoms with Crippen LogP contribution >= 0.6 is 23.2 Å². The number of aryl methyl sites for hydroxylation is 1. The zero-order valence-corrected chi connectivity index (χ0v) is 17.5. The Hall–Kier alpha value is -2.24. The van der Waals surface area contributed by atoms with Gasteiger partial charge in [-0.1, -0.05) is 41.4 Å². The quantitative estimate of drug-likeness (QED) is 0.630. The van der Waals surface area contributed by atoms with Crippen LogP contribution in [0.2, 0.25) is 10.0 Å². The zero-order chi connectivity index (χ0) is 20.5. The van der Waals surface area contributed by atoms with Crippen molar-refractivity contribution in [2.75, 3.05) is 25.5 Å². The lowest BCUT2D eigenvalue weighted by atomic mass is 10.1. The normalized spacial score (nSPS) is 10.4. The van der Waals surface area contributed by atoms with Crippen molar-refractivity contribution in [2.45, 2.75) is 26.2 Å². The summed E-state index contributed by atoms with van der Waals surface area (Å²) in [7, 11) is 1.54. The third kappa shape index (κ3) is 6.43. The van der Waals surface area contributed by atoms with Crippen molar-refractivity contribution in [3.8, 4) is 5.75 Å². The summed E-state index contributed by atoms with van der Waals surface area (Å²) < 4.78 is 5.22. The van der Waals surface area contributed by atoms with Gasteiger partial charge in [0.2, 0.25) is 11.8 Å². The van der Waals surface area contributed by atoms with E-state index < -0.39 is 0 Å². The molecule has 1 N–H and O–H groups in total. The molecule has 2 amide bonds. The van der Waals surface area contributed by atoms with E-state index >= 15 is 0 Å². The van der Waals surface area contributed by atoms with Gasteiger partial charge in [0.15, 0.2) is 0 Å². The van der Waals surface area contributed by atoms with Crippen LogP contribution < -0.4 is 10.1 Å². The minimum Gasteiger partial charge on any atom is -0.495 e. The van der Waals surface area contributed by atoms with E-state index in [9.17, 15) is 9.59 Å². The van der Waals surface area contributed by atoms with Gasteiger partial charge in [-0.15, -0.1) is 0 Å². The maximum Gasteiger partial charge on any atom is 0.244 e. The van der Waals surface area contributed by atoms with Gasteiger partial charge in [-0.3, -0.25) is 9.59 Å². The van der Waals surface area contributed by atoms with Crippen molar-refractivity contribution in [3.63, 3.8) is 0 Å². The summed E-state index contributed by atoms with van der Waals surface area (Å²) in [6.07, 6.45) is 1.74. The van der Waals surface area contributed by atoms with Crippen molar-refractivity contribution in [2.24, 2.45) is 0 Å². The lowest BCUT2D eigenvalue weighted by Gasteiger charge is -2.21. The molecule has 0 spiro atoms. The summed E-state index contributed by atoms with van der Waals surface area (Å²) in [5.74, 6) is 0.258. The fraction of sp³-hybridized carbons (Fsp3) is 0.333. The SMILES string of the molecule is CCN(CC(=O)Nc1ccccc1OC)C(=O)CCCc1ccc(Cl)c(Cl)c1. The van der Waals surface area contributed by atoms with E-state index in [-0.39, 0.29) is 18.4 Å². The maximum absolute atomic E-state index is 12.5. The number of halogens is 2. The number of nitrogens with zero attached hydrogens (tertiary/aromatic N) is 1. The number of hydrogen-bond acceptors (Lipinski definition) is 3. The number of methoxy groups -OCH3 is 1. The van der Waals surface area contributed by atoms with Crippen LogP contribution in [-0.4, -0.2) is 36.9 Å². The topological polar surface area (TPSA) is 58.6 Å². The van der Waals surface area contributed by atoms with Gasteiger partial charge < -0.3 is 15.0 Å². The highest BCUT2D eigenvalue weighted by Crippen LogP contribution is 2.24. The molecular formula is C21H24Cl2N2O3. The summed E-state index contributed by atoms with van der Waals surface area (Å²) in [5, 5.41) is 3.81. The monoisotopic (exact) mass is 422 g/mol. The van der Waals surface area contributed by atoms with E-state index in [1.54, 1.807) is 30.2 Å². The second-order valence-electron chi connectivity index (χ2n) is 6.26. The van der Waals surface area contributed by atoms with Gasteiger partial charge in [-0.05, 0) is 49.6 Å². The van der Waals surface area contributed by atoms with Gasteiger partial charge >= 0.3 is 0 Å². The number of benzene rings is 2. The molecule has 0 fully saturated rings. The summed E-state index contributed by atoms with van der Waals surface area (Å²) in [6, 6.07) is 12.6. The van der Waals surface area contributed by atoms with Crippen LogP contribution in [0.4, 0.5) is 5.69 Å². The summed E-state index contributed by atoms with van der Waals surface area (Å²) in [5.41, 5.74) is 1.61. The van der Waals surface area contributed by atoms with Gasteiger partial charge in [0, 0.05) is 13.0 Å². The summed E-state index contributed by atoms with van der Waals surface area (Å²) in [4.78, 5) is 26.3. The largest absolute Gasteiger partial charge is 0.495 e. The Morgan fingerprint density at radius 1 is 1.11 bits per heavy atom. The van der Waals surface area contributed by atoms with Gasteiger partial charge in [0.05, 0.1) is 29.4 Å². The maximum atomic E-state index is 12.5. The third-order valence-electron chi connectivity index (χ3n) is 4.29. The molecule has 2 aromatic carbocycles. The molecule has 0 saturated carbocycles. The Morgan fingerprint density at radius 2 is 1.86 bits per heavy atom. The number of rotatable bonds is 9. The molecule has 28 heavy (non-hydrogen) atoms. The fourth-order valence-corrected chi connectivity index (χ4v) is 3.11. The number of hydrogen-bond donors (Lipinski definition) is 1. The molecule has 0 aliphatic heterocycles. The Labute approximate surface area is 175 Å². The molecule has 0 heterocycles. The van der Waals surface area contributed by atoms with Gasteiger partial charge in [-0.25, -0.2) is 0 Å². The first-order valence-electron chi connectivity index (χ1n) is 9.09. The smallest absolute Gasteiger partial charge is 0.244 e. The number of para-hydroxylation sites is 2. The van der Waals surface area contributed by atoms with Gasteiger partial charge in [-0.2, -0.15) is 0 Å². The Morgan fingerprint density at radius 3 is 2.54 bits per heavy atom. The molecule has 150 valence electrons.